The number of carbonyl (C=O) groups excluding carboxylic acids is 1. The molecule has 4 heteroatoms. The van der Waals surface area contributed by atoms with E-state index < -0.39 is 0 Å². The Hall–Kier alpha value is -2.49. The van der Waals surface area contributed by atoms with E-state index in [2.05, 4.69) is 38.2 Å². The molecule has 0 radical (unpaired) electrons. The smallest absolute Gasteiger partial charge is 0.206 e. The Bertz CT molecular complexity index is 599. The molecule has 0 aliphatic rings. The van der Waals surface area contributed by atoms with Crippen LogP contribution in [-0.2, 0) is 11.2 Å². The summed E-state index contributed by atoms with van der Waals surface area (Å²) in [5, 5.41) is 11.5. The highest BCUT2D eigenvalue weighted by atomic mass is 16.5. The molecule has 4 nitrogen and oxygen atoms in total. The molecule has 0 heterocycles. The minimum atomic E-state index is 0.249. The molecule has 2 aromatic carbocycles. The SMILES string of the molecule is CC.CCCc1cc(C)c(Oc2ccc(O)cc2)c(C)c1.CNC=O. The maximum absolute atomic E-state index is 9.27. The number of rotatable bonds is 5. The third-order valence-corrected chi connectivity index (χ3v) is 3.23. The second-order valence-corrected chi connectivity index (χ2v) is 5.31. The molecule has 0 aliphatic heterocycles. The molecule has 2 rings (SSSR count). The lowest BCUT2D eigenvalue weighted by molar-refractivity contribution is -0.109. The Morgan fingerprint density at radius 3 is 1.96 bits per heavy atom. The van der Waals surface area contributed by atoms with Gasteiger partial charge in [0.25, 0.3) is 0 Å². The summed E-state index contributed by atoms with van der Waals surface area (Å²) in [5.74, 6) is 1.90. The van der Waals surface area contributed by atoms with E-state index in [1.807, 2.05) is 13.8 Å². The fourth-order valence-corrected chi connectivity index (χ4v) is 2.27. The fourth-order valence-electron chi connectivity index (χ4n) is 2.27. The summed E-state index contributed by atoms with van der Waals surface area (Å²) in [7, 11) is 1.56. The van der Waals surface area contributed by atoms with Crippen LogP contribution in [0.15, 0.2) is 36.4 Å². The number of carbonyl (C=O) groups is 1. The number of nitrogens with one attached hydrogen (secondary N) is 1. The van der Waals surface area contributed by atoms with Gasteiger partial charge in [-0.3, -0.25) is 4.79 Å². The Labute approximate surface area is 151 Å². The number of amides is 1. The monoisotopic (exact) mass is 345 g/mol. The van der Waals surface area contributed by atoms with Crippen molar-refractivity contribution in [2.24, 2.45) is 0 Å². The molecule has 0 atom stereocenters. The number of hydrogen-bond acceptors (Lipinski definition) is 3. The van der Waals surface area contributed by atoms with E-state index in [0.29, 0.717) is 6.41 Å². The minimum absolute atomic E-state index is 0.249. The molecule has 0 fully saturated rings. The molecule has 0 bridgehead atoms. The van der Waals surface area contributed by atoms with E-state index in [4.69, 9.17) is 9.53 Å². The number of ether oxygens (including phenoxy) is 1. The topological polar surface area (TPSA) is 58.6 Å². The van der Waals surface area contributed by atoms with Gasteiger partial charge in [0.15, 0.2) is 0 Å². The average Bonchev–Trinajstić information content (AvgIpc) is 2.62. The summed E-state index contributed by atoms with van der Waals surface area (Å²) in [6.07, 6.45) is 2.87. The lowest BCUT2D eigenvalue weighted by atomic mass is 10.0. The highest BCUT2D eigenvalue weighted by molar-refractivity contribution is 5.46. The van der Waals surface area contributed by atoms with Gasteiger partial charge in [0.1, 0.15) is 17.2 Å². The summed E-state index contributed by atoms with van der Waals surface area (Å²) in [5.41, 5.74) is 3.66. The van der Waals surface area contributed by atoms with Gasteiger partial charge < -0.3 is 15.2 Å². The number of benzene rings is 2. The van der Waals surface area contributed by atoms with E-state index in [-0.39, 0.29) is 5.75 Å². The van der Waals surface area contributed by atoms with Crippen LogP contribution >= 0.6 is 0 Å². The number of aromatic hydroxyl groups is 1. The summed E-state index contributed by atoms with van der Waals surface area (Å²) in [6, 6.07) is 11.2. The Morgan fingerprint density at radius 1 is 1.08 bits per heavy atom. The predicted octanol–water partition coefficient (Wildman–Crippen LogP) is 5.14. The third-order valence-electron chi connectivity index (χ3n) is 3.23. The van der Waals surface area contributed by atoms with Gasteiger partial charge in [-0.2, -0.15) is 0 Å². The van der Waals surface area contributed by atoms with Crippen LogP contribution < -0.4 is 10.1 Å². The van der Waals surface area contributed by atoms with Crippen LogP contribution in [0.5, 0.6) is 17.2 Å². The van der Waals surface area contributed by atoms with Crippen LogP contribution in [0.25, 0.3) is 0 Å². The van der Waals surface area contributed by atoms with Crippen molar-refractivity contribution in [2.45, 2.75) is 47.5 Å². The van der Waals surface area contributed by atoms with Crippen LogP contribution in [0.1, 0.15) is 43.9 Å². The van der Waals surface area contributed by atoms with Gasteiger partial charge in [0, 0.05) is 7.05 Å². The first-order valence-electron chi connectivity index (χ1n) is 8.69. The van der Waals surface area contributed by atoms with Crippen LogP contribution in [0, 0.1) is 13.8 Å². The van der Waals surface area contributed by atoms with Gasteiger partial charge >= 0.3 is 0 Å². The van der Waals surface area contributed by atoms with E-state index in [1.54, 1.807) is 31.3 Å². The highest BCUT2D eigenvalue weighted by Gasteiger charge is 2.07. The van der Waals surface area contributed by atoms with Crippen molar-refractivity contribution in [3.63, 3.8) is 0 Å². The van der Waals surface area contributed by atoms with Crippen LogP contribution in [-0.4, -0.2) is 18.6 Å². The lowest BCUT2D eigenvalue weighted by Crippen LogP contribution is -1.98. The van der Waals surface area contributed by atoms with Gasteiger partial charge in [-0.15, -0.1) is 0 Å². The summed E-state index contributed by atoms with van der Waals surface area (Å²) in [6.45, 7) is 10.3. The van der Waals surface area contributed by atoms with Crippen molar-refractivity contribution >= 4 is 6.41 Å². The molecule has 2 N–H and O–H groups in total. The molecule has 0 spiro atoms. The van der Waals surface area contributed by atoms with Crippen molar-refractivity contribution in [1.29, 1.82) is 0 Å². The number of hydrogen-bond donors (Lipinski definition) is 2. The van der Waals surface area contributed by atoms with Crippen LogP contribution in [0.2, 0.25) is 0 Å². The van der Waals surface area contributed by atoms with E-state index in [1.165, 1.54) is 5.56 Å². The first kappa shape index (κ1) is 22.5. The number of phenols is 1. The first-order valence-corrected chi connectivity index (χ1v) is 8.69. The van der Waals surface area contributed by atoms with Gasteiger partial charge in [-0.1, -0.05) is 39.3 Å². The summed E-state index contributed by atoms with van der Waals surface area (Å²) in [4.78, 5) is 9.06. The maximum Gasteiger partial charge on any atom is 0.206 e. The second kappa shape index (κ2) is 12.9. The quantitative estimate of drug-likeness (QED) is 0.738. The molecule has 0 aromatic heterocycles. The van der Waals surface area contributed by atoms with Crippen LogP contribution in [0.3, 0.4) is 0 Å². The second-order valence-electron chi connectivity index (χ2n) is 5.31. The van der Waals surface area contributed by atoms with Gasteiger partial charge in [0.05, 0.1) is 0 Å². The standard InChI is InChI=1S/C17H20O2.C2H5NO.C2H6/c1-4-5-14-10-12(2)17(13(3)11-14)19-16-8-6-15(18)7-9-16;1-3-2-4;1-2/h6-11,18H,4-5H2,1-3H3;2H,1H3,(H,3,4);1-2H3. The molecule has 2 aromatic rings. The molecule has 0 unspecified atom stereocenters. The molecule has 138 valence electrons. The molecular formula is C21H31NO3. The number of phenolic OH excluding ortho intramolecular Hbond substituents is 1. The van der Waals surface area contributed by atoms with Crippen molar-refractivity contribution in [2.75, 3.05) is 7.05 Å². The highest BCUT2D eigenvalue weighted by Crippen LogP contribution is 2.30. The summed E-state index contributed by atoms with van der Waals surface area (Å²) < 4.78 is 5.92. The average molecular weight is 345 g/mol. The molecule has 0 aliphatic carbocycles. The van der Waals surface area contributed by atoms with Crippen LogP contribution in [0.4, 0.5) is 0 Å². The van der Waals surface area contributed by atoms with Crippen molar-refractivity contribution in [3.05, 3.63) is 53.1 Å². The largest absolute Gasteiger partial charge is 0.508 e. The zero-order chi connectivity index (χ0) is 19.2. The van der Waals surface area contributed by atoms with E-state index >= 15 is 0 Å². The molecule has 0 saturated carbocycles. The Kier molecular flexibility index (Phi) is 11.6. The van der Waals surface area contributed by atoms with E-state index in [9.17, 15) is 5.11 Å². The molecule has 1 amide bonds. The van der Waals surface area contributed by atoms with Gasteiger partial charge in [-0.05, 0) is 61.2 Å². The fraction of sp³-hybridized carbons (Fsp3) is 0.381. The van der Waals surface area contributed by atoms with Gasteiger partial charge in [0.2, 0.25) is 6.41 Å². The zero-order valence-corrected chi connectivity index (χ0v) is 16.2. The maximum atomic E-state index is 9.27. The van der Waals surface area contributed by atoms with E-state index in [0.717, 1.165) is 35.5 Å². The Morgan fingerprint density at radius 2 is 1.56 bits per heavy atom. The molecule has 25 heavy (non-hydrogen) atoms. The van der Waals surface area contributed by atoms with Crippen molar-refractivity contribution < 1.29 is 14.6 Å². The predicted molar refractivity (Wildman–Crippen MR) is 105 cm³/mol. The zero-order valence-electron chi connectivity index (χ0n) is 16.2. The molecule has 0 saturated heterocycles. The third kappa shape index (κ3) is 8.25. The minimum Gasteiger partial charge on any atom is -0.508 e. The normalized spacial score (nSPS) is 9.04. The summed E-state index contributed by atoms with van der Waals surface area (Å²) >= 11 is 0. The lowest BCUT2D eigenvalue weighted by Gasteiger charge is -2.13. The molecular weight excluding hydrogens is 314 g/mol. The van der Waals surface area contributed by atoms with Crippen molar-refractivity contribution in [1.82, 2.24) is 5.32 Å². The van der Waals surface area contributed by atoms with Crippen molar-refractivity contribution in [3.8, 4) is 17.2 Å². The Balaban J connectivity index is 0.000000845. The number of aryl methyl sites for hydroxylation is 3. The first-order chi connectivity index (χ1) is 12.0. The van der Waals surface area contributed by atoms with Gasteiger partial charge in [-0.25, -0.2) is 0 Å².